The summed E-state index contributed by atoms with van der Waals surface area (Å²) in [6.45, 7) is 2.80. The predicted molar refractivity (Wildman–Crippen MR) is 87.6 cm³/mol. The number of hydrogen-bond acceptors (Lipinski definition) is 5. The summed E-state index contributed by atoms with van der Waals surface area (Å²) in [6.07, 6.45) is 5.79. The van der Waals surface area contributed by atoms with Crippen LogP contribution in [-0.2, 0) is 6.54 Å². The molecule has 22 heavy (non-hydrogen) atoms. The third-order valence-electron chi connectivity index (χ3n) is 3.92. The van der Waals surface area contributed by atoms with E-state index in [4.69, 9.17) is 0 Å². The first-order valence-electron chi connectivity index (χ1n) is 7.46. The summed E-state index contributed by atoms with van der Waals surface area (Å²) in [5, 5.41) is 12.6. The Morgan fingerprint density at radius 2 is 2.32 bits per heavy atom. The molecule has 1 N–H and O–H groups in total. The molecule has 1 saturated carbocycles. The molecule has 1 aliphatic rings. The number of pyridine rings is 1. The van der Waals surface area contributed by atoms with Crippen molar-refractivity contribution in [1.29, 1.82) is 0 Å². The van der Waals surface area contributed by atoms with Crippen molar-refractivity contribution in [3.05, 3.63) is 40.3 Å². The molecule has 0 aromatic carbocycles. The number of nitrogens with zero attached hydrogens (tertiary/aromatic N) is 3. The molecule has 1 aliphatic carbocycles. The molecule has 0 unspecified atom stereocenters. The van der Waals surface area contributed by atoms with E-state index in [0.29, 0.717) is 17.2 Å². The lowest BCUT2D eigenvalue weighted by Crippen LogP contribution is -2.10. The number of aryl methyl sites for hydroxylation is 1. The zero-order valence-electron chi connectivity index (χ0n) is 12.2. The van der Waals surface area contributed by atoms with Crippen LogP contribution in [0, 0.1) is 0 Å². The summed E-state index contributed by atoms with van der Waals surface area (Å²) in [6, 6.07) is 2.32. The van der Waals surface area contributed by atoms with Crippen LogP contribution in [0.2, 0.25) is 0 Å². The van der Waals surface area contributed by atoms with Gasteiger partial charge >= 0.3 is 0 Å². The van der Waals surface area contributed by atoms with E-state index in [9.17, 15) is 4.79 Å². The van der Waals surface area contributed by atoms with Crippen molar-refractivity contribution in [2.75, 3.05) is 5.32 Å². The van der Waals surface area contributed by atoms with Gasteiger partial charge in [0.1, 0.15) is 0 Å². The highest BCUT2D eigenvalue weighted by Crippen LogP contribution is 2.33. The Labute approximate surface area is 132 Å². The number of anilines is 1. The number of nitrogens with one attached hydrogen (secondary N) is 1. The molecule has 0 amide bonds. The minimum Gasteiger partial charge on any atom is -0.381 e. The molecule has 0 aliphatic heterocycles. The van der Waals surface area contributed by atoms with Gasteiger partial charge in [-0.15, -0.1) is 0 Å². The van der Waals surface area contributed by atoms with Gasteiger partial charge < -0.3 is 5.32 Å². The molecule has 0 radical (unpaired) electrons. The number of carbonyl (C=O) groups is 1. The number of thiophene rings is 1. The van der Waals surface area contributed by atoms with E-state index in [1.165, 1.54) is 11.3 Å². The average molecular weight is 312 g/mol. The van der Waals surface area contributed by atoms with Crippen molar-refractivity contribution in [3.8, 4) is 0 Å². The maximum Gasteiger partial charge on any atom is 0.197 e. The molecule has 1 fully saturated rings. The lowest BCUT2D eigenvalue weighted by atomic mass is 10.0. The van der Waals surface area contributed by atoms with Crippen molar-refractivity contribution < 1.29 is 4.79 Å². The monoisotopic (exact) mass is 312 g/mol. The van der Waals surface area contributed by atoms with Gasteiger partial charge in [-0.05, 0) is 31.2 Å². The lowest BCUT2D eigenvalue weighted by molar-refractivity contribution is 0.103. The van der Waals surface area contributed by atoms with Gasteiger partial charge in [0.05, 0.1) is 22.8 Å². The van der Waals surface area contributed by atoms with Gasteiger partial charge in [-0.1, -0.05) is 0 Å². The number of carbonyl (C=O) groups excluding carboxylic acids is 1. The number of fused-ring (bicyclic) bond motifs is 1. The van der Waals surface area contributed by atoms with Crippen LogP contribution in [-0.4, -0.2) is 26.6 Å². The molecular weight excluding hydrogens is 296 g/mol. The van der Waals surface area contributed by atoms with E-state index in [1.807, 2.05) is 28.4 Å². The molecular formula is C16H16N4OS. The molecule has 3 aromatic rings. The first-order valence-corrected chi connectivity index (χ1v) is 8.40. The van der Waals surface area contributed by atoms with Gasteiger partial charge in [0.15, 0.2) is 11.4 Å². The van der Waals surface area contributed by atoms with E-state index in [2.05, 4.69) is 15.4 Å². The highest BCUT2D eigenvalue weighted by Gasteiger charge is 2.26. The summed E-state index contributed by atoms with van der Waals surface area (Å²) in [5.74, 6) is 0.0167. The first-order chi connectivity index (χ1) is 10.8. The second-order valence-corrected chi connectivity index (χ2v) is 6.28. The van der Waals surface area contributed by atoms with Crippen molar-refractivity contribution in [2.45, 2.75) is 32.4 Å². The third-order valence-corrected chi connectivity index (χ3v) is 4.60. The highest BCUT2D eigenvalue weighted by molar-refractivity contribution is 7.08. The maximum absolute atomic E-state index is 12.7. The summed E-state index contributed by atoms with van der Waals surface area (Å²) in [7, 11) is 0. The van der Waals surface area contributed by atoms with Crippen molar-refractivity contribution in [3.63, 3.8) is 0 Å². The molecule has 112 valence electrons. The van der Waals surface area contributed by atoms with E-state index in [0.717, 1.165) is 36.1 Å². The fraction of sp³-hybridized carbons (Fsp3) is 0.312. The largest absolute Gasteiger partial charge is 0.381 e. The standard InChI is InChI=1S/C16H16N4OS/c1-2-20-16-13(8-18-20)14(19-11-3-4-11)12(7-17-16)15(21)10-5-6-22-9-10/h5-9,11H,2-4H2,1H3,(H,17,19). The summed E-state index contributed by atoms with van der Waals surface area (Å²) < 4.78 is 1.85. The van der Waals surface area contributed by atoms with E-state index in [-0.39, 0.29) is 5.78 Å². The molecule has 5 nitrogen and oxygen atoms in total. The first kappa shape index (κ1) is 13.5. The second kappa shape index (κ2) is 5.21. The fourth-order valence-corrected chi connectivity index (χ4v) is 3.20. The second-order valence-electron chi connectivity index (χ2n) is 5.50. The third kappa shape index (κ3) is 2.20. The quantitative estimate of drug-likeness (QED) is 0.734. The number of ketones is 1. The van der Waals surface area contributed by atoms with Gasteiger partial charge in [0, 0.05) is 29.7 Å². The van der Waals surface area contributed by atoms with Crippen LogP contribution in [0.3, 0.4) is 0 Å². The van der Waals surface area contributed by atoms with Crippen molar-refractivity contribution in [1.82, 2.24) is 14.8 Å². The summed E-state index contributed by atoms with van der Waals surface area (Å²) >= 11 is 1.53. The fourth-order valence-electron chi connectivity index (χ4n) is 2.57. The Hall–Kier alpha value is -2.21. The van der Waals surface area contributed by atoms with Crippen LogP contribution in [0.5, 0.6) is 0 Å². The van der Waals surface area contributed by atoms with Crippen molar-refractivity contribution in [2.24, 2.45) is 0 Å². The maximum atomic E-state index is 12.7. The molecule has 4 rings (SSSR count). The number of rotatable bonds is 5. The predicted octanol–water partition coefficient (Wildman–Crippen LogP) is 3.32. The van der Waals surface area contributed by atoms with Crippen LogP contribution in [0.1, 0.15) is 35.7 Å². The number of hydrogen-bond donors (Lipinski definition) is 1. The molecule has 0 atom stereocenters. The van der Waals surface area contributed by atoms with Gasteiger partial charge in [-0.2, -0.15) is 16.4 Å². The SMILES string of the molecule is CCn1ncc2c(NC3CC3)c(C(=O)c3ccsc3)cnc21. The molecule has 0 spiro atoms. The highest BCUT2D eigenvalue weighted by atomic mass is 32.1. The van der Waals surface area contributed by atoms with Crippen LogP contribution < -0.4 is 5.32 Å². The van der Waals surface area contributed by atoms with Gasteiger partial charge in [0.25, 0.3) is 0 Å². The van der Waals surface area contributed by atoms with Gasteiger partial charge in [-0.25, -0.2) is 9.67 Å². The zero-order chi connectivity index (χ0) is 15.1. The van der Waals surface area contributed by atoms with Crippen LogP contribution in [0.25, 0.3) is 11.0 Å². The van der Waals surface area contributed by atoms with E-state index in [1.54, 1.807) is 12.4 Å². The minimum absolute atomic E-state index is 0.0167. The van der Waals surface area contributed by atoms with Crippen LogP contribution in [0.15, 0.2) is 29.2 Å². The summed E-state index contributed by atoms with van der Waals surface area (Å²) in [5.41, 5.74) is 3.05. The lowest BCUT2D eigenvalue weighted by Gasteiger charge is -2.11. The molecule has 6 heteroatoms. The Kier molecular flexibility index (Phi) is 3.18. The van der Waals surface area contributed by atoms with Gasteiger partial charge in [0.2, 0.25) is 0 Å². The topological polar surface area (TPSA) is 59.8 Å². The zero-order valence-corrected chi connectivity index (χ0v) is 13.1. The summed E-state index contributed by atoms with van der Waals surface area (Å²) in [4.78, 5) is 17.2. The molecule has 0 saturated heterocycles. The van der Waals surface area contributed by atoms with E-state index >= 15 is 0 Å². The Bertz CT molecular complexity index is 833. The normalized spacial score (nSPS) is 14.4. The Morgan fingerprint density at radius 1 is 1.45 bits per heavy atom. The smallest absolute Gasteiger partial charge is 0.197 e. The van der Waals surface area contributed by atoms with Gasteiger partial charge in [-0.3, -0.25) is 4.79 Å². The van der Waals surface area contributed by atoms with Crippen LogP contribution in [0.4, 0.5) is 5.69 Å². The Balaban J connectivity index is 1.87. The Morgan fingerprint density at radius 3 is 3.00 bits per heavy atom. The number of aromatic nitrogens is 3. The molecule has 0 bridgehead atoms. The minimum atomic E-state index is 0.0167. The molecule has 3 aromatic heterocycles. The van der Waals surface area contributed by atoms with Crippen LogP contribution >= 0.6 is 11.3 Å². The van der Waals surface area contributed by atoms with E-state index < -0.39 is 0 Å². The average Bonchev–Trinajstić information content (AvgIpc) is 3.05. The van der Waals surface area contributed by atoms with Crippen molar-refractivity contribution >= 4 is 33.8 Å². The molecule has 3 heterocycles.